The number of aliphatic carboxylic acids is 1. The molecule has 1 aliphatic rings. The maximum Gasteiger partial charge on any atom is 0.334 e. The average Bonchev–Trinajstić information content (AvgIpc) is 2.47. The number of nitrogens with zero attached hydrogens (tertiary/aromatic N) is 1. The van der Waals surface area contributed by atoms with E-state index in [1.165, 1.54) is 4.90 Å². The van der Waals surface area contributed by atoms with Crippen LogP contribution < -0.4 is 4.74 Å². The molecule has 1 fully saturated rings. The normalized spacial score (nSPS) is 18.3. The molecule has 0 aromatic heterocycles. The molecule has 1 aromatic carbocycles. The van der Waals surface area contributed by atoms with Crippen molar-refractivity contribution in [3.63, 3.8) is 0 Å². The molecule has 120 valence electrons. The quantitative estimate of drug-likeness (QED) is 0.888. The molecule has 0 saturated carbocycles. The number of amides is 1. The number of hydrogen-bond acceptors (Lipinski definition) is 4. The molecule has 0 radical (unpaired) electrons. The highest BCUT2D eigenvalue weighted by atomic mass is 16.5. The van der Waals surface area contributed by atoms with Crippen LogP contribution in [0, 0.1) is 0 Å². The van der Waals surface area contributed by atoms with Crippen molar-refractivity contribution in [1.82, 2.24) is 4.90 Å². The second-order valence-electron chi connectivity index (χ2n) is 5.53. The van der Waals surface area contributed by atoms with Crippen molar-refractivity contribution in [2.75, 3.05) is 19.7 Å². The van der Waals surface area contributed by atoms with Gasteiger partial charge in [0.25, 0.3) is 0 Å². The van der Waals surface area contributed by atoms with Crippen LogP contribution in [0.3, 0.4) is 0 Å². The second kappa shape index (κ2) is 7.26. The highest BCUT2D eigenvalue weighted by Crippen LogP contribution is 2.16. The highest BCUT2D eigenvalue weighted by molar-refractivity contribution is 5.80. The number of morpholine rings is 1. The standard InChI is InChI=1S/C16H21NO5/c1-11(2)22-13-5-3-4-12(8-13)9-15(18)17-6-7-21-14(10-17)16(19)20/h3-5,8,11,14H,6-7,9-10H2,1-2H3,(H,19,20)/t14-/m1/s1. The van der Waals surface area contributed by atoms with E-state index < -0.39 is 12.1 Å². The number of carboxylic acid groups (broad SMARTS) is 1. The molecule has 1 heterocycles. The number of carbonyl (C=O) groups is 2. The topological polar surface area (TPSA) is 76.1 Å². The summed E-state index contributed by atoms with van der Waals surface area (Å²) in [5.41, 5.74) is 0.849. The van der Waals surface area contributed by atoms with E-state index in [4.69, 9.17) is 14.6 Å². The first kappa shape index (κ1) is 16.3. The van der Waals surface area contributed by atoms with E-state index in [9.17, 15) is 9.59 Å². The first-order valence-electron chi connectivity index (χ1n) is 7.33. The van der Waals surface area contributed by atoms with Crippen LogP contribution in [0.1, 0.15) is 19.4 Å². The molecule has 1 saturated heterocycles. The summed E-state index contributed by atoms with van der Waals surface area (Å²) < 4.78 is 10.7. The van der Waals surface area contributed by atoms with Gasteiger partial charge in [-0.05, 0) is 31.5 Å². The largest absolute Gasteiger partial charge is 0.491 e. The van der Waals surface area contributed by atoms with Gasteiger partial charge in [-0.3, -0.25) is 4.79 Å². The number of benzene rings is 1. The Bertz CT molecular complexity index is 543. The van der Waals surface area contributed by atoms with Crippen LogP contribution in [-0.4, -0.2) is 53.8 Å². The Morgan fingerprint density at radius 2 is 2.23 bits per heavy atom. The van der Waals surface area contributed by atoms with Gasteiger partial charge in [0.1, 0.15) is 5.75 Å². The number of ether oxygens (including phenoxy) is 2. The molecule has 1 N–H and O–H groups in total. The van der Waals surface area contributed by atoms with Crippen LogP contribution in [0.15, 0.2) is 24.3 Å². The van der Waals surface area contributed by atoms with Gasteiger partial charge in [0.05, 0.1) is 25.7 Å². The predicted octanol–water partition coefficient (Wildman–Crippen LogP) is 1.33. The van der Waals surface area contributed by atoms with E-state index in [1.807, 2.05) is 38.1 Å². The smallest absolute Gasteiger partial charge is 0.334 e. The minimum atomic E-state index is -1.04. The van der Waals surface area contributed by atoms with E-state index in [2.05, 4.69) is 0 Å². The van der Waals surface area contributed by atoms with Gasteiger partial charge in [-0.15, -0.1) is 0 Å². The lowest BCUT2D eigenvalue weighted by atomic mass is 10.1. The van der Waals surface area contributed by atoms with Gasteiger partial charge in [-0.1, -0.05) is 12.1 Å². The predicted molar refractivity (Wildman–Crippen MR) is 79.9 cm³/mol. The Hall–Kier alpha value is -2.08. The zero-order valence-corrected chi connectivity index (χ0v) is 12.8. The van der Waals surface area contributed by atoms with Gasteiger partial charge in [-0.2, -0.15) is 0 Å². The average molecular weight is 307 g/mol. The van der Waals surface area contributed by atoms with E-state index in [1.54, 1.807) is 0 Å². The number of carboxylic acids is 1. The number of rotatable bonds is 5. The summed E-state index contributed by atoms with van der Waals surface area (Å²) in [7, 11) is 0. The molecular formula is C16H21NO5. The minimum Gasteiger partial charge on any atom is -0.491 e. The Kier molecular flexibility index (Phi) is 5.38. The molecule has 6 nitrogen and oxygen atoms in total. The zero-order valence-electron chi connectivity index (χ0n) is 12.8. The van der Waals surface area contributed by atoms with E-state index in [0.717, 1.165) is 11.3 Å². The summed E-state index contributed by atoms with van der Waals surface area (Å²) in [5.74, 6) is -0.410. The van der Waals surface area contributed by atoms with Crippen LogP contribution in [-0.2, 0) is 20.7 Å². The van der Waals surface area contributed by atoms with E-state index in [-0.39, 0.29) is 31.6 Å². The van der Waals surface area contributed by atoms with Crippen molar-refractivity contribution in [2.45, 2.75) is 32.5 Å². The van der Waals surface area contributed by atoms with E-state index >= 15 is 0 Å². The second-order valence-corrected chi connectivity index (χ2v) is 5.53. The molecule has 6 heteroatoms. The molecule has 0 unspecified atom stereocenters. The fraction of sp³-hybridized carbons (Fsp3) is 0.500. The van der Waals surface area contributed by atoms with Crippen molar-refractivity contribution in [1.29, 1.82) is 0 Å². The minimum absolute atomic E-state index is 0.0709. The van der Waals surface area contributed by atoms with Crippen LogP contribution in [0.4, 0.5) is 0 Å². The molecule has 1 atom stereocenters. The third-order valence-corrected chi connectivity index (χ3v) is 3.32. The molecule has 0 aliphatic carbocycles. The molecule has 0 bridgehead atoms. The van der Waals surface area contributed by atoms with Crippen molar-refractivity contribution in [3.8, 4) is 5.75 Å². The Morgan fingerprint density at radius 1 is 1.45 bits per heavy atom. The monoisotopic (exact) mass is 307 g/mol. The molecule has 2 rings (SSSR count). The Morgan fingerprint density at radius 3 is 2.91 bits per heavy atom. The first-order chi connectivity index (χ1) is 10.5. The third kappa shape index (κ3) is 4.46. The van der Waals surface area contributed by atoms with Crippen molar-refractivity contribution < 1.29 is 24.2 Å². The zero-order chi connectivity index (χ0) is 16.1. The maximum atomic E-state index is 12.3. The number of carbonyl (C=O) groups excluding carboxylic acids is 1. The molecule has 1 aliphatic heterocycles. The fourth-order valence-electron chi connectivity index (χ4n) is 2.31. The van der Waals surface area contributed by atoms with Crippen molar-refractivity contribution in [2.24, 2.45) is 0 Å². The van der Waals surface area contributed by atoms with E-state index in [0.29, 0.717) is 6.54 Å². The van der Waals surface area contributed by atoms with Gasteiger partial charge in [0, 0.05) is 6.54 Å². The van der Waals surface area contributed by atoms with Gasteiger partial charge in [0.2, 0.25) is 5.91 Å². The lowest BCUT2D eigenvalue weighted by Crippen LogP contribution is -2.49. The highest BCUT2D eigenvalue weighted by Gasteiger charge is 2.28. The third-order valence-electron chi connectivity index (χ3n) is 3.32. The molecule has 0 spiro atoms. The van der Waals surface area contributed by atoms with Gasteiger partial charge in [0.15, 0.2) is 6.10 Å². The van der Waals surface area contributed by atoms with Crippen molar-refractivity contribution in [3.05, 3.63) is 29.8 Å². The summed E-state index contributed by atoms with van der Waals surface area (Å²) in [6.45, 7) is 4.65. The molecule has 22 heavy (non-hydrogen) atoms. The summed E-state index contributed by atoms with van der Waals surface area (Å²) in [6.07, 6.45) is -0.642. The summed E-state index contributed by atoms with van der Waals surface area (Å²) in [6, 6.07) is 7.40. The maximum absolute atomic E-state index is 12.3. The van der Waals surface area contributed by atoms with Crippen LogP contribution >= 0.6 is 0 Å². The Labute approximate surface area is 129 Å². The van der Waals surface area contributed by atoms with Gasteiger partial charge >= 0.3 is 5.97 Å². The van der Waals surface area contributed by atoms with Crippen LogP contribution in [0.25, 0.3) is 0 Å². The Balaban J connectivity index is 1.98. The summed E-state index contributed by atoms with van der Waals surface area (Å²) in [4.78, 5) is 24.8. The lowest BCUT2D eigenvalue weighted by Gasteiger charge is -2.31. The number of hydrogen-bond donors (Lipinski definition) is 1. The first-order valence-corrected chi connectivity index (χ1v) is 7.33. The van der Waals surface area contributed by atoms with Crippen LogP contribution in [0.2, 0.25) is 0 Å². The summed E-state index contributed by atoms with van der Waals surface area (Å²) in [5, 5.41) is 8.97. The summed E-state index contributed by atoms with van der Waals surface area (Å²) >= 11 is 0. The van der Waals surface area contributed by atoms with Crippen molar-refractivity contribution >= 4 is 11.9 Å². The molecule has 1 amide bonds. The van der Waals surface area contributed by atoms with Gasteiger partial charge in [-0.25, -0.2) is 4.79 Å². The van der Waals surface area contributed by atoms with Crippen LogP contribution in [0.5, 0.6) is 5.75 Å². The van der Waals surface area contributed by atoms with Gasteiger partial charge < -0.3 is 19.5 Å². The molecule has 1 aromatic rings. The lowest BCUT2D eigenvalue weighted by molar-refractivity contribution is -0.159. The molecular weight excluding hydrogens is 286 g/mol. The fourth-order valence-corrected chi connectivity index (χ4v) is 2.31. The SMILES string of the molecule is CC(C)Oc1cccc(CC(=O)N2CCO[C@@H](C(=O)O)C2)c1.